The molecule has 0 fully saturated rings. The Labute approximate surface area is 89.8 Å². The molecule has 0 bridgehead atoms. The predicted octanol–water partition coefficient (Wildman–Crippen LogP) is 2.98. The van der Waals surface area contributed by atoms with Gasteiger partial charge in [-0.15, -0.1) is 0 Å². The summed E-state index contributed by atoms with van der Waals surface area (Å²) < 4.78 is 3.72. The highest BCUT2D eigenvalue weighted by molar-refractivity contribution is 9.10. The molecule has 0 saturated carbocycles. The minimum Gasteiger partial charge on any atom is -0.310 e. The van der Waals surface area contributed by atoms with E-state index in [0.717, 1.165) is 11.4 Å². The van der Waals surface area contributed by atoms with Gasteiger partial charge in [-0.1, -0.05) is 12.1 Å². The van der Waals surface area contributed by atoms with Crippen molar-refractivity contribution < 1.29 is 0 Å². The van der Waals surface area contributed by atoms with Gasteiger partial charge in [-0.25, -0.2) is 0 Å². The highest BCUT2D eigenvalue weighted by atomic mass is 79.9. The fraction of sp³-hybridized carbons (Fsp3) is 0.250. The Morgan fingerprint density at radius 2 is 1.92 bits per heavy atom. The summed E-state index contributed by atoms with van der Waals surface area (Å²) in [6, 6.07) is 8.97. The van der Waals surface area contributed by atoms with E-state index in [-0.39, 0.29) is 0 Å². The van der Waals surface area contributed by atoms with E-state index in [2.05, 4.69) is 38.4 Å². The number of benzene rings is 1. The van der Waals surface area contributed by atoms with Gasteiger partial charge < -0.3 is 7.85 Å². The van der Waals surface area contributed by atoms with Gasteiger partial charge in [0.25, 0.3) is 0 Å². The van der Waals surface area contributed by atoms with E-state index in [0.29, 0.717) is 0 Å². The molecule has 1 aromatic carbocycles. The first-order valence-corrected chi connectivity index (χ1v) is 4.84. The van der Waals surface area contributed by atoms with Gasteiger partial charge in [-0.2, -0.15) is 0 Å². The van der Waals surface area contributed by atoms with Crippen molar-refractivity contribution in [2.45, 2.75) is 0 Å². The summed E-state index contributed by atoms with van der Waals surface area (Å²) in [6.07, 6.45) is 0. The zero-order chi connectivity index (χ0) is 9.14. The van der Waals surface area contributed by atoms with Crippen molar-refractivity contribution in [1.29, 1.82) is 0 Å². The normalized spacial score (nSPS) is 9.67. The average molecular weight is 293 g/mol. The molecule has 0 spiro atoms. The summed E-state index contributed by atoms with van der Waals surface area (Å²) >= 11 is 6.72. The molecule has 1 aromatic rings. The zero-order valence-corrected chi connectivity index (χ0v) is 10.1. The SMILES string of the molecule is CN(Br)c1[c]cccc1N(C)Br. The fourth-order valence-corrected chi connectivity index (χ4v) is 1.48. The van der Waals surface area contributed by atoms with Crippen molar-refractivity contribution in [3.8, 4) is 0 Å². The quantitative estimate of drug-likeness (QED) is 0.773. The van der Waals surface area contributed by atoms with Crippen molar-refractivity contribution in [2.75, 3.05) is 21.9 Å². The Balaban J connectivity index is 3.09. The Morgan fingerprint density at radius 3 is 2.33 bits per heavy atom. The first-order chi connectivity index (χ1) is 5.63. The van der Waals surface area contributed by atoms with Crippen LogP contribution in [0.5, 0.6) is 0 Å². The molecule has 1 rings (SSSR count). The third-order valence-corrected chi connectivity index (χ3v) is 2.19. The van der Waals surface area contributed by atoms with Crippen molar-refractivity contribution in [3.63, 3.8) is 0 Å². The highest BCUT2D eigenvalue weighted by Crippen LogP contribution is 2.30. The lowest BCUT2D eigenvalue weighted by Crippen LogP contribution is -2.07. The van der Waals surface area contributed by atoms with E-state index in [4.69, 9.17) is 0 Å². The smallest absolute Gasteiger partial charge is 0.0789 e. The molecule has 0 atom stereocenters. The van der Waals surface area contributed by atoms with Crippen LogP contribution in [0.4, 0.5) is 11.4 Å². The van der Waals surface area contributed by atoms with Crippen LogP contribution in [-0.2, 0) is 0 Å². The minimum atomic E-state index is 0.997. The van der Waals surface area contributed by atoms with Gasteiger partial charge in [0.1, 0.15) is 0 Å². The molecular formula is C8H9Br2N2. The van der Waals surface area contributed by atoms with E-state index in [1.165, 1.54) is 0 Å². The van der Waals surface area contributed by atoms with E-state index in [1.807, 2.05) is 40.1 Å². The maximum atomic E-state index is 3.37. The van der Waals surface area contributed by atoms with Crippen LogP contribution in [0.25, 0.3) is 0 Å². The molecule has 0 unspecified atom stereocenters. The Hall–Kier alpha value is -0.220. The Morgan fingerprint density at radius 1 is 1.25 bits per heavy atom. The maximum Gasteiger partial charge on any atom is 0.0789 e. The summed E-state index contributed by atoms with van der Waals surface area (Å²) in [5, 5.41) is 0. The van der Waals surface area contributed by atoms with Crippen molar-refractivity contribution in [3.05, 3.63) is 24.3 Å². The van der Waals surface area contributed by atoms with Crippen molar-refractivity contribution >= 4 is 43.7 Å². The Kier molecular flexibility index (Phi) is 3.40. The van der Waals surface area contributed by atoms with Crippen LogP contribution >= 0.6 is 32.3 Å². The summed E-state index contributed by atoms with van der Waals surface area (Å²) in [5.41, 5.74) is 2.06. The molecule has 0 heterocycles. The molecule has 0 aromatic heterocycles. The standard InChI is InChI=1S/C8H9Br2N2/c1-11(9)7-5-3-4-6-8(7)12(2)10/h3-5H,1-2H3. The first-order valence-electron chi connectivity index (χ1n) is 3.42. The van der Waals surface area contributed by atoms with Gasteiger partial charge in [0.05, 0.1) is 11.4 Å². The van der Waals surface area contributed by atoms with Crippen LogP contribution < -0.4 is 7.85 Å². The first kappa shape index (κ1) is 9.86. The number of hydrogen-bond acceptors (Lipinski definition) is 2. The van der Waals surface area contributed by atoms with E-state index in [1.54, 1.807) is 0 Å². The van der Waals surface area contributed by atoms with Crippen LogP contribution in [-0.4, -0.2) is 14.1 Å². The molecule has 1 radical (unpaired) electrons. The van der Waals surface area contributed by atoms with Gasteiger partial charge >= 0.3 is 0 Å². The average Bonchev–Trinajstić information content (AvgIpc) is 2.04. The zero-order valence-electron chi connectivity index (χ0n) is 6.88. The lowest BCUT2D eigenvalue weighted by molar-refractivity contribution is 1.31. The lowest BCUT2D eigenvalue weighted by atomic mass is 10.3. The molecule has 0 saturated heterocycles. The number of nitrogens with zero attached hydrogens (tertiary/aromatic N) is 2. The van der Waals surface area contributed by atoms with Crippen LogP contribution in [0.3, 0.4) is 0 Å². The summed E-state index contributed by atoms with van der Waals surface area (Å²) in [7, 11) is 3.86. The predicted molar refractivity (Wildman–Crippen MR) is 59.9 cm³/mol. The van der Waals surface area contributed by atoms with Crippen molar-refractivity contribution in [1.82, 2.24) is 0 Å². The van der Waals surface area contributed by atoms with E-state index in [9.17, 15) is 0 Å². The third-order valence-electron chi connectivity index (χ3n) is 1.45. The molecule has 0 aliphatic heterocycles. The third kappa shape index (κ3) is 2.14. The summed E-state index contributed by atoms with van der Waals surface area (Å²) in [6.45, 7) is 0. The van der Waals surface area contributed by atoms with Gasteiger partial charge in [-0.05, 0) is 6.07 Å². The van der Waals surface area contributed by atoms with Gasteiger partial charge in [0, 0.05) is 52.5 Å². The molecule has 65 valence electrons. The van der Waals surface area contributed by atoms with Crippen LogP contribution in [0, 0.1) is 6.07 Å². The fourth-order valence-electron chi connectivity index (χ4n) is 0.915. The molecule has 0 N–H and O–H groups in total. The number of hydrogen-bond donors (Lipinski definition) is 0. The van der Waals surface area contributed by atoms with Crippen LogP contribution in [0.15, 0.2) is 18.2 Å². The van der Waals surface area contributed by atoms with Crippen molar-refractivity contribution in [2.24, 2.45) is 0 Å². The number of anilines is 2. The highest BCUT2D eigenvalue weighted by Gasteiger charge is 2.06. The monoisotopic (exact) mass is 291 g/mol. The summed E-state index contributed by atoms with van der Waals surface area (Å²) in [4.78, 5) is 0. The molecule has 0 aliphatic rings. The van der Waals surface area contributed by atoms with E-state index >= 15 is 0 Å². The van der Waals surface area contributed by atoms with Crippen LogP contribution in [0.2, 0.25) is 0 Å². The van der Waals surface area contributed by atoms with Gasteiger partial charge in [0.2, 0.25) is 0 Å². The summed E-state index contributed by atoms with van der Waals surface area (Å²) in [5.74, 6) is 0. The van der Waals surface area contributed by atoms with Gasteiger partial charge in [0.15, 0.2) is 0 Å². The molecule has 0 aliphatic carbocycles. The second-order valence-electron chi connectivity index (χ2n) is 2.36. The number of para-hydroxylation sites is 1. The number of rotatable bonds is 2. The molecule has 2 nitrogen and oxygen atoms in total. The van der Waals surface area contributed by atoms with Crippen LogP contribution in [0.1, 0.15) is 0 Å². The molecule has 0 amide bonds. The molecule has 12 heavy (non-hydrogen) atoms. The van der Waals surface area contributed by atoms with E-state index < -0.39 is 0 Å². The molecule has 4 heteroatoms. The maximum absolute atomic E-state index is 3.37. The second-order valence-corrected chi connectivity index (χ2v) is 4.49. The van der Waals surface area contributed by atoms with Gasteiger partial charge in [-0.3, -0.25) is 0 Å². The lowest BCUT2D eigenvalue weighted by Gasteiger charge is -2.18. The largest absolute Gasteiger partial charge is 0.310 e. The Bertz CT molecular complexity index is 234. The minimum absolute atomic E-state index is 0.997. The molecular weight excluding hydrogens is 284 g/mol. The second kappa shape index (κ2) is 4.14. The topological polar surface area (TPSA) is 6.48 Å². The number of halogens is 2.